The van der Waals surface area contributed by atoms with Gasteiger partial charge in [0.1, 0.15) is 0 Å². The number of nitrogens with one attached hydrogen (secondary N) is 1. The molecule has 3 heterocycles. The standard InChI is InChI=1S/C15H21N3O2S/c1-14(2)7-11(15(3,4)20-14)16-8-12-17-13(18-19-12)10-5-6-21-9-10/h5-6,9,11,16H,7-8H2,1-4H3/t11-/m1/s1. The predicted molar refractivity (Wildman–Crippen MR) is 82.1 cm³/mol. The highest BCUT2D eigenvalue weighted by atomic mass is 32.1. The lowest BCUT2D eigenvalue weighted by atomic mass is 9.94. The maximum absolute atomic E-state index is 6.07. The van der Waals surface area contributed by atoms with Crippen LogP contribution in [0.3, 0.4) is 0 Å². The van der Waals surface area contributed by atoms with E-state index in [1.54, 1.807) is 11.3 Å². The maximum atomic E-state index is 6.07. The Morgan fingerprint density at radius 3 is 2.81 bits per heavy atom. The number of nitrogens with zero attached hydrogens (tertiary/aromatic N) is 2. The fraction of sp³-hybridized carbons (Fsp3) is 0.600. The molecule has 6 heteroatoms. The van der Waals surface area contributed by atoms with E-state index in [1.165, 1.54) is 0 Å². The molecular formula is C15H21N3O2S. The molecule has 1 aliphatic heterocycles. The van der Waals surface area contributed by atoms with Crippen LogP contribution in [0, 0.1) is 0 Å². The Morgan fingerprint density at radius 1 is 1.38 bits per heavy atom. The molecule has 114 valence electrons. The van der Waals surface area contributed by atoms with Crippen LogP contribution in [0.25, 0.3) is 11.4 Å². The second-order valence-corrected chi connectivity index (χ2v) is 7.41. The highest BCUT2D eigenvalue weighted by Crippen LogP contribution is 2.37. The number of aromatic nitrogens is 2. The number of thiophene rings is 1. The molecule has 3 rings (SSSR count). The minimum atomic E-state index is -0.195. The summed E-state index contributed by atoms with van der Waals surface area (Å²) in [7, 11) is 0. The number of rotatable bonds is 4. The molecule has 0 unspecified atom stereocenters. The molecular weight excluding hydrogens is 286 g/mol. The molecule has 1 atom stereocenters. The molecule has 0 spiro atoms. The van der Waals surface area contributed by atoms with Crippen LogP contribution in [-0.2, 0) is 11.3 Å². The van der Waals surface area contributed by atoms with Gasteiger partial charge in [-0.25, -0.2) is 0 Å². The molecule has 1 aliphatic rings. The minimum absolute atomic E-state index is 0.0994. The lowest BCUT2D eigenvalue weighted by Crippen LogP contribution is -2.43. The van der Waals surface area contributed by atoms with E-state index in [2.05, 4.69) is 43.2 Å². The molecule has 2 aromatic rings. The van der Waals surface area contributed by atoms with Gasteiger partial charge in [0, 0.05) is 17.0 Å². The Kier molecular flexibility index (Phi) is 3.63. The summed E-state index contributed by atoms with van der Waals surface area (Å²) in [6.45, 7) is 9.04. The van der Waals surface area contributed by atoms with Crippen LogP contribution < -0.4 is 5.32 Å². The Labute approximate surface area is 128 Å². The Balaban J connectivity index is 1.63. The zero-order valence-corrected chi connectivity index (χ0v) is 13.7. The summed E-state index contributed by atoms with van der Waals surface area (Å²) in [6, 6.07) is 2.26. The molecule has 0 bridgehead atoms. The van der Waals surface area contributed by atoms with Gasteiger partial charge in [0.2, 0.25) is 11.7 Å². The predicted octanol–water partition coefficient (Wildman–Crippen LogP) is 3.23. The molecule has 0 saturated carbocycles. The first-order chi connectivity index (χ1) is 9.86. The molecule has 21 heavy (non-hydrogen) atoms. The quantitative estimate of drug-likeness (QED) is 0.939. The van der Waals surface area contributed by atoms with Crippen molar-refractivity contribution < 1.29 is 9.26 Å². The Bertz CT molecular complexity index is 604. The van der Waals surface area contributed by atoms with Gasteiger partial charge in [0.15, 0.2) is 0 Å². The van der Waals surface area contributed by atoms with E-state index in [0.717, 1.165) is 12.0 Å². The average Bonchev–Trinajstić information content (AvgIpc) is 3.05. The third kappa shape index (κ3) is 3.17. The lowest BCUT2D eigenvalue weighted by molar-refractivity contribution is -0.0700. The van der Waals surface area contributed by atoms with Gasteiger partial charge in [-0.2, -0.15) is 16.3 Å². The van der Waals surface area contributed by atoms with Gasteiger partial charge in [0.25, 0.3) is 0 Å². The first kappa shape index (κ1) is 14.7. The van der Waals surface area contributed by atoms with Crippen molar-refractivity contribution in [1.82, 2.24) is 15.5 Å². The molecule has 2 aromatic heterocycles. The molecule has 0 radical (unpaired) electrons. The van der Waals surface area contributed by atoms with Crippen LogP contribution in [0.2, 0.25) is 0 Å². The molecule has 5 nitrogen and oxygen atoms in total. The SMILES string of the molecule is CC1(C)C[C@@H](NCc2nc(-c3ccsc3)no2)C(C)(C)O1. The number of ether oxygens (including phenoxy) is 1. The second kappa shape index (κ2) is 5.19. The Morgan fingerprint density at radius 2 is 2.19 bits per heavy atom. The summed E-state index contributed by atoms with van der Waals surface area (Å²) < 4.78 is 11.4. The lowest BCUT2D eigenvalue weighted by Gasteiger charge is -2.27. The molecule has 0 aromatic carbocycles. The molecule has 0 aliphatic carbocycles. The van der Waals surface area contributed by atoms with E-state index in [4.69, 9.17) is 9.26 Å². The smallest absolute Gasteiger partial charge is 0.240 e. The van der Waals surface area contributed by atoms with Gasteiger partial charge >= 0.3 is 0 Å². The molecule has 1 fully saturated rings. The van der Waals surface area contributed by atoms with Crippen molar-refractivity contribution in [3.05, 3.63) is 22.7 Å². The van der Waals surface area contributed by atoms with Crippen molar-refractivity contribution >= 4 is 11.3 Å². The van der Waals surface area contributed by atoms with E-state index in [1.807, 2.05) is 16.8 Å². The summed E-state index contributed by atoms with van der Waals surface area (Å²) in [4.78, 5) is 4.42. The number of hydrogen-bond acceptors (Lipinski definition) is 6. The van der Waals surface area contributed by atoms with E-state index < -0.39 is 0 Å². The van der Waals surface area contributed by atoms with Gasteiger partial charge < -0.3 is 14.6 Å². The van der Waals surface area contributed by atoms with E-state index in [-0.39, 0.29) is 17.2 Å². The normalized spacial score (nSPS) is 23.5. The van der Waals surface area contributed by atoms with Crippen LogP contribution in [-0.4, -0.2) is 27.4 Å². The van der Waals surface area contributed by atoms with Gasteiger partial charge in [-0.3, -0.25) is 0 Å². The van der Waals surface area contributed by atoms with E-state index in [9.17, 15) is 0 Å². The monoisotopic (exact) mass is 307 g/mol. The van der Waals surface area contributed by atoms with Crippen LogP contribution in [0.5, 0.6) is 0 Å². The van der Waals surface area contributed by atoms with Crippen molar-refractivity contribution in [2.45, 2.75) is 57.9 Å². The third-order valence-electron chi connectivity index (χ3n) is 3.82. The van der Waals surface area contributed by atoms with E-state index in [0.29, 0.717) is 18.3 Å². The first-order valence-electron chi connectivity index (χ1n) is 7.14. The van der Waals surface area contributed by atoms with Crippen LogP contribution >= 0.6 is 11.3 Å². The second-order valence-electron chi connectivity index (χ2n) is 6.63. The third-order valence-corrected chi connectivity index (χ3v) is 4.50. The maximum Gasteiger partial charge on any atom is 0.240 e. The van der Waals surface area contributed by atoms with Gasteiger partial charge in [0.05, 0.1) is 17.7 Å². The van der Waals surface area contributed by atoms with Gasteiger partial charge in [-0.15, -0.1) is 0 Å². The fourth-order valence-corrected chi connectivity index (χ4v) is 3.56. The number of hydrogen-bond donors (Lipinski definition) is 1. The van der Waals surface area contributed by atoms with E-state index >= 15 is 0 Å². The van der Waals surface area contributed by atoms with Crippen molar-refractivity contribution in [2.24, 2.45) is 0 Å². The molecule has 1 N–H and O–H groups in total. The summed E-state index contributed by atoms with van der Waals surface area (Å²) in [5, 5.41) is 11.5. The van der Waals surface area contributed by atoms with Crippen LogP contribution in [0.4, 0.5) is 0 Å². The zero-order chi connectivity index (χ0) is 15.1. The highest BCUT2D eigenvalue weighted by molar-refractivity contribution is 7.08. The average molecular weight is 307 g/mol. The zero-order valence-electron chi connectivity index (χ0n) is 12.8. The topological polar surface area (TPSA) is 60.2 Å². The summed E-state index contributed by atoms with van der Waals surface area (Å²) in [6.07, 6.45) is 0.964. The van der Waals surface area contributed by atoms with Gasteiger partial charge in [-0.05, 0) is 45.6 Å². The van der Waals surface area contributed by atoms with Crippen LogP contribution in [0.15, 0.2) is 21.3 Å². The first-order valence-corrected chi connectivity index (χ1v) is 8.09. The molecule has 0 amide bonds. The van der Waals surface area contributed by atoms with Crippen molar-refractivity contribution in [3.63, 3.8) is 0 Å². The van der Waals surface area contributed by atoms with Gasteiger partial charge in [-0.1, -0.05) is 5.16 Å². The summed E-state index contributed by atoms with van der Waals surface area (Å²) in [5.74, 6) is 1.26. The fourth-order valence-electron chi connectivity index (χ4n) is 2.93. The largest absolute Gasteiger partial charge is 0.368 e. The van der Waals surface area contributed by atoms with Crippen molar-refractivity contribution in [2.75, 3.05) is 0 Å². The van der Waals surface area contributed by atoms with Crippen LogP contribution in [0.1, 0.15) is 40.0 Å². The highest BCUT2D eigenvalue weighted by Gasteiger charge is 2.45. The Hall–Kier alpha value is -1.24. The summed E-state index contributed by atoms with van der Waals surface area (Å²) >= 11 is 1.62. The summed E-state index contributed by atoms with van der Waals surface area (Å²) in [5.41, 5.74) is 0.707. The van der Waals surface area contributed by atoms with Crippen molar-refractivity contribution in [3.8, 4) is 11.4 Å². The molecule has 1 saturated heterocycles. The van der Waals surface area contributed by atoms with Crippen molar-refractivity contribution in [1.29, 1.82) is 0 Å². The minimum Gasteiger partial charge on any atom is -0.368 e.